The summed E-state index contributed by atoms with van der Waals surface area (Å²) in [6, 6.07) is 8.93. The Hall–Kier alpha value is -1.42. The fourth-order valence-electron chi connectivity index (χ4n) is 1.44. The molecule has 0 bridgehead atoms. The van der Waals surface area contributed by atoms with Gasteiger partial charge >= 0.3 is 0 Å². The van der Waals surface area contributed by atoms with Gasteiger partial charge in [-0.2, -0.15) is 5.26 Å². The van der Waals surface area contributed by atoms with Crippen molar-refractivity contribution in [2.45, 2.75) is 6.54 Å². The molecule has 1 rings (SSSR count). The molecule has 0 fully saturated rings. The van der Waals surface area contributed by atoms with Crippen molar-refractivity contribution in [3.63, 3.8) is 0 Å². The van der Waals surface area contributed by atoms with Gasteiger partial charge in [-0.15, -0.1) is 0 Å². The van der Waals surface area contributed by atoms with Crippen LogP contribution in [0.1, 0.15) is 11.1 Å². The van der Waals surface area contributed by atoms with Gasteiger partial charge in [-0.05, 0) is 17.7 Å². The van der Waals surface area contributed by atoms with Crippen molar-refractivity contribution in [1.82, 2.24) is 4.31 Å². The monoisotopic (exact) mass is 268 g/mol. The van der Waals surface area contributed by atoms with E-state index in [1.807, 2.05) is 6.07 Å². The first-order valence-electron chi connectivity index (χ1n) is 5.41. The summed E-state index contributed by atoms with van der Waals surface area (Å²) >= 11 is 0. The largest absolute Gasteiger partial charge is 0.384 e. The molecule has 6 heteroatoms. The number of methoxy groups -OCH3 is 1. The van der Waals surface area contributed by atoms with E-state index in [-0.39, 0.29) is 18.9 Å². The first-order valence-corrected chi connectivity index (χ1v) is 7.02. The van der Waals surface area contributed by atoms with Crippen molar-refractivity contribution in [3.05, 3.63) is 35.4 Å². The second kappa shape index (κ2) is 6.50. The topological polar surface area (TPSA) is 70.4 Å². The lowest BCUT2D eigenvalue weighted by Crippen LogP contribution is -2.30. The Bertz CT molecular complexity index is 534. The fraction of sp³-hybridized carbons (Fsp3) is 0.417. The molecule has 18 heavy (non-hydrogen) atoms. The zero-order valence-electron chi connectivity index (χ0n) is 10.5. The van der Waals surface area contributed by atoms with Gasteiger partial charge in [0.1, 0.15) is 0 Å². The maximum atomic E-state index is 11.8. The Morgan fingerprint density at radius 3 is 2.78 bits per heavy atom. The van der Waals surface area contributed by atoms with Crippen LogP contribution >= 0.6 is 0 Å². The van der Waals surface area contributed by atoms with Crippen LogP contribution in [0.3, 0.4) is 0 Å². The summed E-state index contributed by atoms with van der Waals surface area (Å²) in [4.78, 5) is 0. The number of benzene rings is 1. The molecule has 0 unspecified atom stereocenters. The van der Waals surface area contributed by atoms with Crippen molar-refractivity contribution in [2.75, 3.05) is 26.5 Å². The lowest BCUT2D eigenvalue weighted by molar-refractivity contribution is 0.215. The summed E-state index contributed by atoms with van der Waals surface area (Å²) in [5.74, 6) is -0.0437. The molecule has 0 N–H and O–H groups in total. The molecule has 0 heterocycles. The predicted octanol–water partition coefficient (Wildman–Crippen LogP) is 0.966. The molecule has 0 aliphatic carbocycles. The number of nitrogens with zero attached hydrogens (tertiary/aromatic N) is 2. The zero-order valence-corrected chi connectivity index (χ0v) is 11.3. The van der Waals surface area contributed by atoms with Crippen molar-refractivity contribution in [2.24, 2.45) is 0 Å². The first-order chi connectivity index (χ1) is 8.49. The molecule has 0 aromatic heterocycles. The van der Waals surface area contributed by atoms with E-state index >= 15 is 0 Å². The van der Waals surface area contributed by atoms with Gasteiger partial charge in [0, 0.05) is 20.7 Å². The van der Waals surface area contributed by atoms with Crippen LogP contribution in [0.5, 0.6) is 0 Å². The molecule has 1 aromatic carbocycles. The molecule has 0 aliphatic heterocycles. The van der Waals surface area contributed by atoms with Crippen LogP contribution in [0.2, 0.25) is 0 Å². The molecular weight excluding hydrogens is 252 g/mol. The Labute approximate surface area is 108 Å². The molecule has 5 nitrogen and oxygen atoms in total. The molecule has 0 saturated heterocycles. The normalized spacial score (nSPS) is 11.4. The van der Waals surface area contributed by atoms with E-state index in [1.165, 1.54) is 18.5 Å². The Kier molecular flexibility index (Phi) is 5.28. The molecule has 1 aromatic rings. The molecule has 0 saturated carbocycles. The quantitative estimate of drug-likeness (QED) is 0.770. The van der Waals surface area contributed by atoms with E-state index in [9.17, 15) is 8.42 Å². The van der Waals surface area contributed by atoms with E-state index in [4.69, 9.17) is 10.00 Å². The van der Waals surface area contributed by atoms with Gasteiger partial charge in [-0.3, -0.25) is 0 Å². The first kappa shape index (κ1) is 14.6. The Morgan fingerprint density at radius 1 is 1.44 bits per heavy atom. The summed E-state index contributed by atoms with van der Waals surface area (Å²) in [7, 11) is -0.333. The highest BCUT2D eigenvalue weighted by molar-refractivity contribution is 7.89. The number of hydrogen-bond acceptors (Lipinski definition) is 4. The summed E-state index contributed by atoms with van der Waals surface area (Å²) in [6.45, 7) is 0.423. The zero-order chi connectivity index (χ0) is 13.6. The van der Waals surface area contributed by atoms with Crippen molar-refractivity contribution < 1.29 is 13.2 Å². The number of sulfonamides is 1. The van der Waals surface area contributed by atoms with Crippen LogP contribution in [-0.4, -0.2) is 39.2 Å². The smallest absolute Gasteiger partial charge is 0.216 e. The van der Waals surface area contributed by atoms with Crippen molar-refractivity contribution in [3.8, 4) is 6.07 Å². The molecule has 0 radical (unpaired) electrons. The molecule has 0 atom stereocenters. The van der Waals surface area contributed by atoms with Crippen LogP contribution < -0.4 is 0 Å². The molecule has 0 amide bonds. The molecule has 98 valence electrons. The molecule has 0 spiro atoms. The maximum absolute atomic E-state index is 11.8. The van der Waals surface area contributed by atoms with Crippen LogP contribution in [0.4, 0.5) is 0 Å². The van der Waals surface area contributed by atoms with Crippen molar-refractivity contribution in [1.29, 1.82) is 5.26 Å². The van der Waals surface area contributed by atoms with E-state index in [0.29, 0.717) is 5.56 Å². The highest BCUT2D eigenvalue weighted by Gasteiger charge is 2.17. The third-order valence-electron chi connectivity index (χ3n) is 2.48. The van der Waals surface area contributed by atoms with Gasteiger partial charge in [0.2, 0.25) is 10.0 Å². The lowest BCUT2D eigenvalue weighted by Gasteiger charge is -2.17. The van der Waals surface area contributed by atoms with E-state index in [1.54, 1.807) is 24.3 Å². The molecule has 0 aliphatic rings. The summed E-state index contributed by atoms with van der Waals surface area (Å²) in [5, 5.41) is 8.77. The van der Waals surface area contributed by atoms with Gasteiger partial charge < -0.3 is 4.74 Å². The average Bonchev–Trinajstić information content (AvgIpc) is 2.36. The van der Waals surface area contributed by atoms with Crippen molar-refractivity contribution >= 4 is 10.0 Å². The lowest BCUT2D eigenvalue weighted by atomic mass is 10.1. The fourth-order valence-corrected chi connectivity index (χ4v) is 2.47. The van der Waals surface area contributed by atoms with Crippen LogP contribution in [0.25, 0.3) is 0 Å². The Balaban J connectivity index is 2.75. The van der Waals surface area contributed by atoms with Gasteiger partial charge in [0.15, 0.2) is 0 Å². The van der Waals surface area contributed by atoms with Gasteiger partial charge in [-0.25, -0.2) is 12.7 Å². The summed E-state index contributed by atoms with van der Waals surface area (Å²) < 4.78 is 29.7. The highest BCUT2D eigenvalue weighted by Crippen LogP contribution is 2.09. The standard InChI is InChI=1S/C12H16N2O3S/c1-14(18(15,16)7-6-17-2)10-12-5-3-4-11(8-12)9-13/h3-5,8H,6-7,10H2,1-2H3. The van der Waals surface area contributed by atoms with Crippen LogP contribution in [0, 0.1) is 11.3 Å². The predicted molar refractivity (Wildman–Crippen MR) is 68.3 cm³/mol. The SMILES string of the molecule is COCCS(=O)(=O)N(C)Cc1cccc(C#N)c1. The number of nitriles is 1. The third-order valence-corrected chi connectivity index (χ3v) is 4.24. The minimum atomic E-state index is -3.31. The Morgan fingerprint density at radius 2 is 2.17 bits per heavy atom. The van der Waals surface area contributed by atoms with Gasteiger partial charge in [0.25, 0.3) is 0 Å². The molecular formula is C12H16N2O3S. The minimum absolute atomic E-state index is 0.0437. The summed E-state index contributed by atoms with van der Waals surface area (Å²) in [6.07, 6.45) is 0. The maximum Gasteiger partial charge on any atom is 0.216 e. The van der Waals surface area contributed by atoms with E-state index in [0.717, 1.165) is 5.56 Å². The van der Waals surface area contributed by atoms with E-state index in [2.05, 4.69) is 0 Å². The van der Waals surface area contributed by atoms with Crippen LogP contribution in [0.15, 0.2) is 24.3 Å². The van der Waals surface area contributed by atoms with Gasteiger partial charge in [-0.1, -0.05) is 12.1 Å². The number of rotatable bonds is 6. The number of hydrogen-bond donors (Lipinski definition) is 0. The second-order valence-electron chi connectivity index (χ2n) is 3.88. The highest BCUT2D eigenvalue weighted by atomic mass is 32.2. The average molecular weight is 268 g/mol. The minimum Gasteiger partial charge on any atom is -0.384 e. The van der Waals surface area contributed by atoms with Gasteiger partial charge in [0.05, 0.1) is 24.0 Å². The second-order valence-corrected chi connectivity index (χ2v) is 6.07. The summed E-state index contributed by atoms with van der Waals surface area (Å²) in [5.41, 5.74) is 1.31. The van der Waals surface area contributed by atoms with Crippen LogP contribution in [-0.2, 0) is 21.3 Å². The number of ether oxygens (including phenoxy) is 1. The van der Waals surface area contributed by atoms with E-state index < -0.39 is 10.0 Å². The third kappa shape index (κ3) is 4.11.